The third kappa shape index (κ3) is 2.15. The molecule has 1 saturated carbocycles. The van der Waals surface area contributed by atoms with Gasteiger partial charge in [0.05, 0.1) is 6.07 Å². The lowest BCUT2D eigenvalue weighted by Gasteiger charge is -2.11. The molecule has 2 aromatic carbocycles. The van der Waals surface area contributed by atoms with Gasteiger partial charge in [0.15, 0.2) is 0 Å². The molecule has 1 aliphatic carbocycles. The Kier molecular flexibility index (Phi) is 2.55. The highest BCUT2D eigenvalue weighted by Gasteiger charge is 2.25. The highest BCUT2D eigenvalue weighted by atomic mass is 15.0. The van der Waals surface area contributed by atoms with Gasteiger partial charge in [-0.3, -0.25) is 5.32 Å². The van der Waals surface area contributed by atoms with Crippen LogP contribution in [0.1, 0.15) is 24.4 Å². The number of nitrogens with zero attached hydrogens (tertiary/aromatic N) is 1. The molecule has 2 heteroatoms. The van der Waals surface area contributed by atoms with Crippen molar-refractivity contribution in [1.82, 2.24) is 5.32 Å². The minimum absolute atomic E-state index is 0.174. The summed E-state index contributed by atoms with van der Waals surface area (Å²) < 4.78 is 0. The van der Waals surface area contributed by atoms with Crippen LogP contribution >= 0.6 is 0 Å². The summed E-state index contributed by atoms with van der Waals surface area (Å²) in [7, 11) is 0. The number of rotatable bonds is 3. The van der Waals surface area contributed by atoms with Gasteiger partial charge in [0.2, 0.25) is 0 Å². The van der Waals surface area contributed by atoms with Crippen LogP contribution < -0.4 is 5.32 Å². The predicted octanol–water partition coefficient (Wildman–Crippen LogP) is 3.16. The van der Waals surface area contributed by atoms with Gasteiger partial charge >= 0.3 is 0 Å². The summed E-state index contributed by atoms with van der Waals surface area (Å²) in [5.41, 5.74) is 1.07. The SMILES string of the molecule is N#CC(NC1CC1)c1ccc2ccccc2c1. The number of hydrogen-bond acceptors (Lipinski definition) is 2. The maximum Gasteiger partial charge on any atom is 0.121 e. The summed E-state index contributed by atoms with van der Waals surface area (Å²) in [5.74, 6) is 0. The standard InChI is InChI=1S/C15H14N2/c16-10-15(17-14-7-8-14)13-6-5-11-3-1-2-4-12(11)9-13/h1-6,9,14-15,17H,7-8H2. The zero-order valence-electron chi connectivity index (χ0n) is 9.56. The molecule has 0 saturated heterocycles. The van der Waals surface area contributed by atoms with Gasteiger partial charge in [0.25, 0.3) is 0 Å². The van der Waals surface area contributed by atoms with Crippen LogP contribution in [-0.4, -0.2) is 6.04 Å². The molecule has 3 rings (SSSR count). The second kappa shape index (κ2) is 4.20. The Morgan fingerprint density at radius 3 is 2.59 bits per heavy atom. The fourth-order valence-electron chi connectivity index (χ4n) is 2.08. The summed E-state index contributed by atoms with van der Waals surface area (Å²) in [5, 5.41) is 15.0. The Bertz CT molecular complexity index is 579. The highest BCUT2D eigenvalue weighted by molar-refractivity contribution is 5.83. The summed E-state index contributed by atoms with van der Waals surface area (Å²) in [6.07, 6.45) is 2.40. The molecular formula is C15H14N2. The van der Waals surface area contributed by atoms with Crippen molar-refractivity contribution in [3.63, 3.8) is 0 Å². The van der Waals surface area contributed by atoms with E-state index in [2.05, 4.69) is 35.7 Å². The van der Waals surface area contributed by atoms with Crippen LogP contribution in [0.4, 0.5) is 0 Å². The van der Waals surface area contributed by atoms with Crippen molar-refractivity contribution in [2.24, 2.45) is 0 Å². The van der Waals surface area contributed by atoms with Gasteiger partial charge in [-0.2, -0.15) is 5.26 Å². The summed E-state index contributed by atoms with van der Waals surface area (Å²) in [4.78, 5) is 0. The van der Waals surface area contributed by atoms with E-state index in [1.807, 2.05) is 18.2 Å². The second-order valence-electron chi connectivity index (χ2n) is 4.61. The maximum atomic E-state index is 9.22. The number of nitriles is 1. The first kappa shape index (κ1) is 10.3. The molecule has 17 heavy (non-hydrogen) atoms. The van der Waals surface area contributed by atoms with E-state index < -0.39 is 0 Å². The average molecular weight is 222 g/mol. The Labute approximate surface area is 101 Å². The van der Waals surface area contributed by atoms with Crippen molar-refractivity contribution in [2.45, 2.75) is 24.9 Å². The minimum Gasteiger partial charge on any atom is -0.295 e. The molecule has 0 radical (unpaired) electrons. The summed E-state index contributed by atoms with van der Waals surface area (Å²) in [6.45, 7) is 0. The molecule has 1 aliphatic rings. The normalized spacial score (nSPS) is 16.6. The molecule has 0 bridgehead atoms. The molecule has 0 amide bonds. The summed E-state index contributed by atoms with van der Waals surface area (Å²) in [6, 6.07) is 17.2. The molecule has 1 unspecified atom stereocenters. The van der Waals surface area contributed by atoms with E-state index >= 15 is 0 Å². The second-order valence-corrected chi connectivity index (χ2v) is 4.61. The lowest BCUT2D eigenvalue weighted by molar-refractivity contribution is 0.626. The van der Waals surface area contributed by atoms with E-state index in [4.69, 9.17) is 0 Å². The number of fused-ring (bicyclic) bond motifs is 1. The van der Waals surface area contributed by atoms with Crippen LogP contribution in [0, 0.1) is 11.3 Å². The van der Waals surface area contributed by atoms with Gasteiger partial charge in [-0.25, -0.2) is 0 Å². The van der Waals surface area contributed by atoms with Gasteiger partial charge in [-0.05, 0) is 35.2 Å². The molecule has 84 valence electrons. The molecule has 1 N–H and O–H groups in total. The van der Waals surface area contributed by atoms with Crippen LogP contribution in [0.2, 0.25) is 0 Å². The number of hydrogen-bond donors (Lipinski definition) is 1. The minimum atomic E-state index is -0.174. The van der Waals surface area contributed by atoms with Crippen LogP contribution in [0.3, 0.4) is 0 Å². The molecule has 1 fully saturated rings. The van der Waals surface area contributed by atoms with Gasteiger partial charge in [0, 0.05) is 6.04 Å². The van der Waals surface area contributed by atoms with Crippen LogP contribution in [0.25, 0.3) is 10.8 Å². The van der Waals surface area contributed by atoms with Gasteiger partial charge in [-0.15, -0.1) is 0 Å². The van der Waals surface area contributed by atoms with Crippen LogP contribution in [-0.2, 0) is 0 Å². The van der Waals surface area contributed by atoms with E-state index in [1.54, 1.807) is 0 Å². The molecule has 1 atom stereocenters. The molecule has 2 nitrogen and oxygen atoms in total. The zero-order chi connectivity index (χ0) is 11.7. The lowest BCUT2D eigenvalue weighted by atomic mass is 10.0. The van der Waals surface area contributed by atoms with Crippen molar-refractivity contribution in [3.8, 4) is 6.07 Å². The molecule has 0 heterocycles. The third-order valence-electron chi connectivity index (χ3n) is 3.22. The Morgan fingerprint density at radius 2 is 1.88 bits per heavy atom. The fraction of sp³-hybridized carbons (Fsp3) is 0.267. The Balaban J connectivity index is 1.95. The Hall–Kier alpha value is -1.85. The van der Waals surface area contributed by atoms with Gasteiger partial charge in [-0.1, -0.05) is 36.4 Å². The highest BCUT2D eigenvalue weighted by Crippen LogP contribution is 2.25. The quantitative estimate of drug-likeness (QED) is 0.865. The lowest BCUT2D eigenvalue weighted by Crippen LogP contribution is -2.21. The van der Waals surface area contributed by atoms with E-state index in [0.717, 1.165) is 5.56 Å². The maximum absolute atomic E-state index is 9.22. The molecule has 0 aromatic heterocycles. The predicted molar refractivity (Wildman–Crippen MR) is 68.5 cm³/mol. The van der Waals surface area contributed by atoms with E-state index in [0.29, 0.717) is 6.04 Å². The van der Waals surface area contributed by atoms with E-state index in [9.17, 15) is 5.26 Å². The summed E-state index contributed by atoms with van der Waals surface area (Å²) >= 11 is 0. The first-order chi connectivity index (χ1) is 8.36. The number of nitrogens with one attached hydrogen (secondary N) is 1. The molecule has 0 spiro atoms. The third-order valence-corrected chi connectivity index (χ3v) is 3.22. The van der Waals surface area contributed by atoms with Crippen molar-refractivity contribution >= 4 is 10.8 Å². The Morgan fingerprint density at radius 1 is 1.12 bits per heavy atom. The largest absolute Gasteiger partial charge is 0.295 e. The first-order valence-corrected chi connectivity index (χ1v) is 6.01. The van der Waals surface area contributed by atoms with E-state index in [-0.39, 0.29) is 6.04 Å². The van der Waals surface area contributed by atoms with Crippen molar-refractivity contribution in [3.05, 3.63) is 48.0 Å². The average Bonchev–Trinajstić information content (AvgIpc) is 3.19. The smallest absolute Gasteiger partial charge is 0.121 e. The molecule has 2 aromatic rings. The molecule has 0 aliphatic heterocycles. The van der Waals surface area contributed by atoms with Crippen molar-refractivity contribution in [2.75, 3.05) is 0 Å². The molecular weight excluding hydrogens is 208 g/mol. The van der Waals surface area contributed by atoms with Gasteiger partial charge < -0.3 is 0 Å². The van der Waals surface area contributed by atoms with E-state index in [1.165, 1.54) is 23.6 Å². The first-order valence-electron chi connectivity index (χ1n) is 6.01. The fourth-order valence-corrected chi connectivity index (χ4v) is 2.08. The zero-order valence-corrected chi connectivity index (χ0v) is 9.56. The van der Waals surface area contributed by atoms with Crippen LogP contribution in [0.15, 0.2) is 42.5 Å². The van der Waals surface area contributed by atoms with Crippen molar-refractivity contribution in [1.29, 1.82) is 5.26 Å². The monoisotopic (exact) mass is 222 g/mol. The van der Waals surface area contributed by atoms with Crippen molar-refractivity contribution < 1.29 is 0 Å². The van der Waals surface area contributed by atoms with Crippen LogP contribution in [0.5, 0.6) is 0 Å². The van der Waals surface area contributed by atoms with Gasteiger partial charge in [0.1, 0.15) is 6.04 Å². The number of benzene rings is 2. The topological polar surface area (TPSA) is 35.8 Å².